The van der Waals surface area contributed by atoms with E-state index >= 15 is 0 Å². The fourth-order valence-electron chi connectivity index (χ4n) is 3.26. The molecule has 1 aromatic heterocycles. The fourth-order valence-corrected chi connectivity index (χ4v) is 3.26. The molecule has 5 nitrogen and oxygen atoms in total. The van der Waals surface area contributed by atoms with Crippen LogP contribution < -0.4 is 15.7 Å². The lowest BCUT2D eigenvalue weighted by atomic mass is 9.92. The molecule has 1 aliphatic carbocycles. The molecule has 1 N–H and O–H groups in total. The normalized spacial score (nSPS) is 18.3. The summed E-state index contributed by atoms with van der Waals surface area (Å²) in [5, 5.41) is 3.57. The van der Waals surface area contributed by atoms with Gasteiger partial charge in [-0.25, -0.2) is 13.6 Å². The van der Waals surface area contributed by atoms with Gasteiger partial charge in [0.1, 0.15) is 11.3 Å². The van der Waals surface area contributed by atoms with Gasteiger partial charge in [0, 0.05) is 35.9 Å². The molecule has 146 valence electrons. The zero-order valence-electron chi connectivity index (χ0n) is 15.6. The number of halogens is 2. The standard InChI is InChI=1S/C20H23F2NO4/c1-11-12(2)19(25)27-17-10-15(4-5-16(11)17)26-13(3)18(24)23-14-6-8-20(21,22)9-7-14/h4-5,10,13-14H,6-9H2,1-3H3,(H,23,24). The van der Waals surface area contributed by atoms with Gasteiger partial charge < -0.3 is 14.5 Å². The highest BCUT2D eigenvalue weighted by atomic mass is 19.3. The van der Waals surface area contributed by atoms with Crippen LogP contribution in [0.25, 0.3) is 11.0 Å². The second-order valence-electron chi connectivity index (χ2n) is 7.20. The van der Waals surface area contributed by atoms with Gasteiger partial charge in [-0.1, -0.05) is 0 Å². The average molecular weight is 379 g/mol. The number of ether oxygens (including phenoxy) is 1. The van der Waals surface area contributed by atoms with Crippen molar-refractivity contribution in [3.05, 3.63) is 39.7 Å². The predicted octanol–water partition coefficient (Wildman–Crippen LogP) is 3.87. The maximum Gasteiger partial charge on any atom is 0.339 e. The Morgan fingerprint density at radius 2 is 1.93 bits per heavy atom. The summed E-state index contributed by atoms with van der Waals surface area (Å²) in [6, 6.07) is 4.81. The van der Waals surface area contributed by atoms with Crippen LogP contribution in [0.1, 0.15) is 43.7 Å². The largest absolute Gasteiger partial charge is 0.481 e. The van der Waals surface area contributed by atoms with Gasteiger partial charge in [-0.15, -0.1) is 0 Å². The summed E-state index contributed by atoms with van der Waals surface area (Å²) in [4.78, 5) is 24.1. The molecule has 0 radical (unpaired) electrons. The van der Waals surface area contributed by atoms with Crippen LogP contribution in [0.2, 0.25) is 0 Å². The van der Waals surface area contributed by atoms with Crippen LogP contribution >= 0.6 is 0 Å². The van der Waals surface area contributed by atoms with E-state index in [-0.39, 0.29) is 37.6 Å². The second kappa shape index (κ2) is 7.29. The molecular formula is C20H23F2NO4. The molecule has 1 aromatic carbocycles. The molecule has 1 fully saturated rings. The minimum Gasteiger partial charge on any atom is -0.481 e. The number of hydrogen-bond donors (Lipinski definition) is 1. The molecule has 0 saturated heterocycles. The smallest absolute Gasteiger partial charge is 0.339 e. The Morgan fingerprint density at radius 3 is 2.59 bits per heavy atom. The SMILES string of the molecule is Cc1c(C)c2ccc(OC(C)C(=O)NC3CCC(F)(F)CC3)cc2oc1=O. The summed E-state index contributed by atoms with van der Waals surface area (Å²) in [7, 11) is 0. The number of rotatable bonds is 4. The van der Waals surface area contributed by atoms with Crippen molar-refractivity contribution < 1.29 is 22.7 Å². The van der Waals surface area contributed by atoms with Gasteiger partial charge in [-0.05, 0) is 51.3 Å². The number of fused-ring (bicyclic) bond motifs is 1. The molecule has 1 heterocycles. The Labute approximate surface area is 155 Å². The van der Waals surface area contributed by atoms with E-state index in [1.807, 2.05) is 6.92 Å². The molecule has 1 saturated carbocycles. The number of benzene rings is 1. The Morgan fingerprint density at radius 1 is 1.26 bits per heavy atom. The molecule has 2 aromatic rings. The summed E-state index contributed by atoms with van der Waals surface area (Å²) in [5.74, 6) is -2.59. The maximum absolute atomic E-state index is 13.2. The summed E-state index contributed by atoms with van der Waals surface area (Å²) in [5.41, 5.74) is 1.38. The zero-order chi connectivity index (χ0) is 19.8. The number of alkyl halides is 2. The van der Waals surface area contributed by atoms with E-state index in [9.17, 15) is 18.4 Å². The maximum atomic E-state index is 13.2. The Bertz CT molecular complexity index is 912. The van der Waals surface area contributed by atoms with Gasteiger partial charge in [0.15, 0.2) is 6.10 Å². The van der Waals surface area contributed by atoms with Crippen molar-refractivity contribution in [1.82, 2.24) is 5.32 Å². The Kier molecular flexibility index (Phi) is 5.22. The summed E-state index contributed by atoms with van der Waals surface area (Å²) < 4.78 is 37.3. The van der Waals surface area contributed by atoms with Crippen LogP contribution in [0.5, 0.6) is 5.75 Å². The van der Waals surface area contributed by atoms with Crippen LogP contribution in [0.4, 0.5) is 8.78 Å². The third-order valence-corrected chi connectivity index (χ3v) is 5.17. The van der Waals surface area contributed by atoms with Gasteiger partial charge in [0.05, 0.1) is 0 Å². The van der Waals surface area contributed by atoms with Gasteiger partial charge in [-0.2, -0.15) is 0 Å². The molecule has 1 amide bonds. The van der Waals surface area contributed by atoms with E-state index in [1.54, 1.807) is 32.0 Å². The molecule has 1 aliphatic rings. The van der Waals surface area contributed by atoms with E-state index in [2.05, 4.69) is 5.32 Å². The van der Waals surface area contributed by atoms with Crippen molar-refractivity contribution in [2.45, 2.75) is 64.5 Å². The van der Waals surface area contributed by atoms with Crippen molar-refractivity contribution in [2.24, 2.45) is 0 Å². The number of aryl methyl sites for hydroxylation is 1. The highest BCUT2D eigenvalue weighted by Crippen LogP contribution is 2.33. The second-order valence-corrected chi connectivity index (χ2v) is 7.20. The first-order valence-electron chi connectivity index (χ1n) is 9.05. The quantitative estimate of drug-likeness (QED) is 0.819. The lowest BCUT2D eigenvalue weighted by Gasteiger charge is -2.29. The number of carbonyl (C=O) groups is 1. The van der Waals surface area contributed by atoms with E-state index < -0.39 is 17.7 Å². The zero-order valence-corrected chi connectivity index (χ0v) is 15.6. The topological polar surface area (TPSA) is 68.5 Å². The van der Waals surface area contributed by atoms with Gasteiger partial charge in [0.25, 0.3) is 5.91 Å². The van der Waals surface area contributed by atoms with E-state index in [1.165, 1.54) is 0 Å². The van der Waals surface area contributed by atoms with Crippen LogP contribution in [0.15, 0.2) is 27.4 Å². The first kappa shape index (κ1) is 19.3. The van der Waals surface area contributed by atoms with E-state index in [4.69, 9.17) is 9.15 Å². The highest BCUT2D eigenvalue weighted by Gasteiger charge is 2.35. The lowest BCUT2D eigenvalue weighted by molar-refractivity contribution is -0.129. The summed E-state index contributed by atoms with van der Waals surface area (Å²) in [6.07, 6.45) is -0.718. The molecule has 0 spiro atoms. The molecule has 1 atom stereocenters. The average Bonchev–Trinajstić information content (AvgIpc) is 2.61. The van der Waals surface area contributed by atoms with Gasteiger partial charge in [-0.3, -0.25) is 4.79 Å². The Hall–Kier alpha value is -2.44. The van der Waals surface area contributed by atoms with Gasteiger partial charge in [0.2, 0.25) is 5.92 Å². The van der Waals surface area contributed by atoms with Crippen molar-refractivity contribution in [1.29, 1.82) is 0 Å². The highest BCUT2D eigenvalue weighted by molar-refractivity contribution is 5.83. The lowest BCUT2D eigenvalue weighted by Crippen LogP contribution is -2.45. The third kappa shape index (κ3) is 4.28. The van der Waals surface area contributed by atoms with Crippen LogP contribution in [-0.4, -0.2) is 24.0 Å². The van der Waals surface area contributed by atoms with Crippen LogP contribution in [0.3, 0.4) is 0 Å². The number of carbonyl (C=O) groups excluding carboxylic acids is 1. The minimum atomic E-state index is -2.63. The molecule has 1 unspecified atom stereocenters. The van der Waals surface area contributed by atoms with E-state index in [0.717, 1.165) is 10.9 Å². The van der Waals surface area contributed by atoms with Gasteiger partial charge >= 0.3 is 5.63 Å². The molecule has 0 aliphatic heterocycles. The van der Waals surface area contributed by atoms with E-state index in [0.29, 0.717) is 16.9 Å². The number of amides is 1. The molecule has 0 bridgehead atoms. The monoisotopic (exact) mass is 379 g/mol. The summed E-state index contributed by atoms with van der Waals surface area (Å²) >= 11 is 0. The van der Waals surface area contributed by atoms with Crippen molar-refractivity contribution >= 4 is 16.9 Å². The summed E-state index contributed by atoms with van der Waals surface area (Å²) in [6.45, 7) is 5.14. The van der Waals surface area contributed by atoms with Crippen LogP contribution in [0, 0.1) is 13.8 Å². The molecule has 3 rings (SSSR count). The minimum absolute atomic E-state index is 0.213. The van der Waals surface area contributed by atoms with Crippen molar-refractivity contribution in [3.63, 3.8) is 0 Å². The van der Waals surface area contributed by atoms with Crippen LogP contribution in [-0.2, 0) is 4.79 Å². The number of hydrogen-bond acceptors (Lipinski definition) is 4. The Balaban J connectivity index is 1.67. The predicted molar refractivity (Wildman–Crippen MR) is 97.4 cm³/mol. The first-order valence-corrected chi connectivity index (χ1v) is 9.05. The number of nitrogens with one attached hydrogen (secondary N) is 1. The van der Waals surface area contributed by atoms with Crippen molar-refractivity contribution in [2.75, 3.05) is 0 Å². The first-order chi connectivity index (χ1) is 12.7. The molecule has 27 heavy (non-hydrogen) atoms. The molecule has 7 heteroatoms. The molecular weight excluding hydrogens is 356 g/mol. The fraction of sp³-hybridized carbons (Fsp3) is 0.500. The van der Waals surface area contributed by atoms with Crippen molar-refractivity contribution in [3.8, 4) is 5.75 Å². The third-order valence-electron chi connectivity index (χ3n) is 5.17.